The molecule has 0 aliphatic carbocycles. The van der Waals surface area contributed by atoms with Gasteiger partial charge >= 0.3 is 5.97 Å². The molecule has 84 valence electrons. The van der Waals surface area contributed by atoms with Gasteiger partial charge in [-0.05, 0) is 31.9 Å². The number of aromatic amines is 1. The number of hydrogen-bond donors (Lipinski definition) is 1. The normalized spacial score (nSPS) is 9.00. The van der Waals surface area contributed by atoms with Gasteiger partial charge in [0.25, 0.3) is 0 Å². The van der Waals surface area contributed by atoms with Gasteiger partial charge in [-0.1, -0.05) is 6.92 Å². The molecule has 0 unspecified atom stereocenters. The van der Waals surface area contributed by atoms with E-state index in [2.05, 4.69) is 4.98 Å². The van der Waals surface area contributed by atoms with E-state index in [4.69, 9.17) is 9.53 Å². The number of hydrogen-bond acceptors (Lipinski definition) is 3. The molecule has 0 atom stereocenters. The fourth-order valence-corrected chi connectivity index (χ4v) is 1.29. The van der Waals surface area contributed by atoms with Gasteiger partial charge in [-0.15, -0.1) is 0 Å². The van der Waals surface area contributed by atoms with E-state index in [1.807, 2.05) is 26.7 Å². The lowest BCUT2D eigenvalue weighted by atomic mass is 10.2. The van der Waals surface area contributed by atoms with Crippen molar-refractivity contribution in [2.45, 2.75) is 27.2 Å². The molecule has 0 aliphatic heterocycles. The molecule has 1 aromatic rings. The summed E-state index contributed by atoms with van der Waals surface area (Å²) in [6.45, 7) is 8.25. The Balaban J connectivity index is 0.000000921. The van der Waals surface area contributed by atoms with E-state index in [0.717, 1.165) is 17.7 Å². The van der Waals surface area contributed by atoms with Gasteiger partial charge in [-0.2, -0.15) is 0 Å². The van der Waals surface area contributed by atoms with E-state index in [9.17, 15) is 4.79 Å². The molecule has 1 heterocycles. The Morgan fingerprint density at radius 1 is 1.47 bits per heavy atom. The van der Waals surface area contributed by atoms with Gasteiger partial charge in [0.2, 0.25) is 0 Å². The summed E-state index contributed by atoms with van der Waals surface area (Å²) in [5.74, 6) is -0.273. The summed E-state index contributed by atoms with van der Waals surface area (Å²) >= 11 is 0. The topological polar surface area (TPSA) is 59.2 Å². The van der Waals surface area contributed by atoms with E-state index in [-0.39, 0.29) is 5.97 Å². The van der Waals surface area contributed by atoms with Crippen molar-refractivity contribution < 1.29 is 14.3 Å². The number of carbonyl (C=O) groups excluding carboxylic acids is 2. The van der Waals surface area contributed by atoms with Crippen LogP contribution in [0.3, 0.4) is 0 Å². The van der Waals surface area contributed by atoms with Crippen molar-refractivity contribution in [3.8, 4) is 0 Å². The molecule has 0 aliphatic rings. The lowest BCUT2D eigenvalue weighted by Gasteiger charge is -1.97. The Kier molecular flexibility index (Phi) is 6.09. The number of rotatable bonds is 3. The average Bonchev–Trinajstić information content (AvgIpc) is 2.63. The number of aromatic nitrogens is 1. The molecule has 0 radical (unpaired) electrons. The third-order valence-electron chi connectivity index (χ3n) is 1.97. The number of H-pyrrole nitrogens is 1. The van der Waals surface area contributed by atoms with Gasteiger partial charge in [-0.25, -0.2) is 4.79 Å². The summed E-state index contributed by atoms with van der Waals surface area (Å²) in [7, 11) is 0. The first kappa shape index (κ1) is 13.4. The molecule has 4 heteroatoms. The largest absolute Gasteiger partial charge is 0.461 e. The van der Waals surface area contributed by atoms with Gasteiger partial charge in [0.1, 0.15) is 12.5 Å². The summed E-state index contributed by atoms with van der Waals surface area (Å²) in [6.07, 6.45) is 0.908. The lowest BCUT2D eigenvalue weighted by molar-refractivity contribution is -0.0980. The van der Waals surface area contributed by atoms with E-state index in [1.165, 1.54) is 0 Å². The van der Waals surface area contributed by atoms with Crippen LogP contribution in [0.2, 0.25) is 0 Å². The van der Waals surface area contributed by atoms with Crippen molar-refractivity contribution in [2.75, 3.05) is 6.61 Å². The molecular formula is C11H17NO3. The summed E-state index contributed by atoms with van der Waals surface area (Å²) in [5.41, 5.74) is 2.77. The summed E-state index contributed by atoms with van der Waals surface area (Å²) < 4.78 is 4.87. The number of esters is 1. The van der Waals surface area contributed by atoms with Crippen LogP contribution >= 0.6 is 0 Å². The molecule has 0 amide bonds. The third-order valence-corrected chi connectivity index (χ3v) is 1.97. The SMILES string of the molecule is C=O.CCOC(=O)c1cc(C)c(CC)[nH]1. The van der Waals surface area contributed by atoms with Crippen LogP contribution in [-0.4, -0.2) is 24.3 Å². The number of carbonyl (C=O) groups is 2. The smallest absolute Gasteiger partial charge is 0.354 e. The maximum absolute atomic E-state index is 11.3. The zero-order valence-corrected chi connectivity index (χ0v) is 9.42. The summed E-state index contributed by atoms with van der Waals surface area (Å²) in [6, 6.07) is 1.83. The molecule has 0 fully saturated rings. The molecule has 0 saturated heterocycles. The van der Waals surface area contributed by atoms with Crippen LogP contribution in [0.1, 0.15) is 35.6 Å². The Morgan fingerprint density at radius 3 is 2.47 bits per heavy atom. The minimum Gasteiger partial charge on any atom is -0.461 e. The van der Waals surface area contributed by atoms with Crippen LogP contribution in [0.15, 0.2) is 6.07 Å². The molecule has 0 aromatic carbocycles. The Hall–Kier alpha value is -1.58. The highest BCUT2D eigenvalue weighted by molar-refractivity contribution is 5.87. The lowest BCUT2D eigenvalue weighted by Crippen LogP contribution is -2.04. The second-order valence-electron chi connectivity index (χ2n) is 2.92. The van der Waals surface area contributed by atoms with Crippen molar-refractivity contribution in [2.24, 2.45) is 0 Å². The molecule has 0 saturated carbocycles. The highest BCUT2D eigenvalue weighted by Crippen LogP contribution is 2.11. The van der Waals surface area contributed by atoms with Gasteiger partial charge in [0.15, 0.2) is 0 Å². The van der Waals surface area contributed by atoms with E-state index in [1.54, 1.807) is 6.92 Å². The first-order valence-electron chi connectivity index (χ1n) is 4.83. The summed E-state index contributed by atoms with van der Waals surface area (Å²) in [4.78, 5) is 22.3. The molecule has 1 aromatic heterocycles. The minimum atomic E-state index is -0.273. The van der Waals surface area contributed by atoms with Crippen LogP contribution in [0.25, 0.3) is 0 Å². The second kappa shape index (κ2) is 6.81. The molecule has 0 bridgehead atoms. The van der Waals surface area contributed by atoms with Crippen molar-refractivity contribution in [3.05, 3.63) is 23.0 Å². The van der Waals surface area contributed by atoms with E-state index in [0.29, 0.717) is 12.3 Å². The van der Waals surface area contributed by atoms with Crippen LogP contribution < -0.4 is 0 Å². The number of nitrogens with one attached hydrogen (secondary N) is 1. The highest BCUT2D eigenvalue weighted by atomic mass is 16.5. The molecule has 1 N–H and O–H groups in total. The van der Waals surface area contributed by atoms with E-state index < -0.39 is 0 Å². The van der Waals surface area contributed by atoms with Gasteiger partial charge < -0.3 is 14.5 Å². The Labute approximate surface area is 89.6 Å². The predicted octanol–water partition coefficient (Wildman–Crippen LogP) is 1.88. The first-order chi connectivity index (χ1) is 7.19. The Morgan fingerprint density at radius 2 is 2.07 bits per heavy atom. The zero-order chi connectivity index (χ0) is 11.8. The number of aryl methyl sites for hydroxylation is 2. The molecule has 15 heavy (non-hydrogen) atoms. The standard InChI is InChI=1S/C10H15NO2.CH2O/c1-4-8-7(3)6-9(11-8)10(12)13-5-2;1-2/h6,11H,4-5H2,1-3H3;1H2. The number of ether oxygens (including phenoxy) is 1. The minimum absolute atomic E-state index is 0.273. The van der Waals surface area contributed by atoms with E-state index >= 15 is 0 Å². The maximum atomic E-state index is 11.3. The van der Waals surface area contributed by atoms with Gasteiger partial charge in [0, 0.05) is 5.69 Å². The average molecular weight is 211 g/mol. The Bertz CT molecular complexity index is 318. The monoisotopic (exact) mass is 211 g/mol. The maximum Gasteiger partial charge on any atom is 0.354 e. The van der Waals surface area contributed by atoms with Crippen molar-refractivity contribution >= 4 is 12.8 Å². The zero-order valence-electron chi connectivity index (χ0n) is 9.42. The van der Waals surface area contributed by atoms with Crippen molar-refractivity contribution in [1.29, 1.82) is 0 Å². The van der Waals surface area contributed by atoms with Crippen LogP contribution in [-0.2, 0) is 16.0 Å². The molecule has 0 spiro atoms. The molecule has 1 rings (SSSR count). The molecular weight excluding hydrogens is 194 g/mol. The van der Waals surface area contributed by atoms with Crippen molar-refractivity contribution in [3.63, 3.8) is 0 Å². The fourth-order valence-electron chi connectivity index (χ4n) is 1.29. The van der Waals surface area contributed by atoms with Crippen molar-refractivity contribution in [1.82, 2.24) is 4.98 Å². The molecule has 4 nitrogen and oxygen atoms in total. The van der Waals surface area contributed by atoms with Crippen LogP contribution in [0.5, 0.6) is 0 Å². The van der Waals surface area contributed by atoms with Crippen LogP contribution in [0.4, 0.5) is 0 Å². The highest BCUT2D eigenvalue weighted by Gasteiger charge is 2.10. The predicted molar refractivity (Wildman–Crippen MR) is 58.0 cm³/mol. The van der Waals surface area contributed by atoms with Gasteiger partial charge in [-0.3, -0.25) is 0 Å². The second-order valence-corrected chi connectivity index (χ2v) is 2.92. The fraction of sp³-hybridized carbons (Fsp3) is 0.455. The quantitative estimate of drug-likeness (QED) is 0.776. The van der Waals surface area contributed by atoms with Crippen LogP contribution in [0, 0.1) is 6.92 Å². The first-order valence-corrected chi connectivity index (χ1v) is 4.83. The van der Waals surface area contributed by atoms with Gasteiger partial charge in [0.05, 0.1) is 6.61 Å². The third kappa shape index (κ3) is 3.58. The summed E-state index contributed by atoms with van der Waals surface area (Å²) in [5, 5.41) is 0.